The molecule has 27 heavy (non-hydrogen) atoms. The monoisotopic (exact) mass is 368 g/mol. The molecule has 2 aliphatic heterocycles. The summed E-state index contributed by atoms with van der Waals surface area (Å²) in [5, 5.41) is 6.93. The van der Waals surface area contributed by atoms with E-state index in [1.165, 1.54) is 19.3 Å². The van der Waals surface area contributed by atoms with E-state index in [0.29, 0.717) is 6.54 Å². The lowest BCUT2D eigenvalue weighted by Crippen LogP contribution is -2.43. The Morgan fingerprint density at radius 3 is 2.63 bits per heavy atom. The second kappa shape index (κ2) is 8.67. The number of hydrogen-bond donors (Lipinski definition) is 1. The van der Waals surface area contributed by atoms with Gasteiger partial charge in [0.25, 0.3) is 5.91 Å². The van der Waals surface area contributed by atoms with Crippen molar-refractivity contribution in [2.24, 2.45) is 0 Å². The van der Waals surface area contributed by atoms with Crippen LogP contribution in [0.1, 0.15) is 36.0 Å². The molecular formula is C21H28N4O2. The number of rotatable bonds is 4. The fourth-order valence-corrected chi connectivity index (χ4v) is 4.01. The number of nitrogens with one attached hydrogen (secondary N) is 1. The summed E-state index contributed by atoms with van der Waals surface area (Å²) in [7, 11) is 0. The minimum atomic E-state index is 0.0975. The summed E-state index contributed by atoms with van der Waals surface area (Å²) in [6.45, 7) is 5.42. The van der Waals surface area contributed by atoms with Gasteiger partial charge in [0.2, 0.25) is 0 Å². The number of H-pyrrole nitrogens is 1. The Labute approximate surface area is 160 Å². The minimum absolute atomic E-state index is 0.0975. The van der Waals surface area contributed by atoms with Gasteiger partial charge in [-0.2, -0.15) is 5.10 Å². The summed E-state index contributed by atoms with van der Waals surface area (Å²) < 4.78 is 6.04. The molecule has 0 spiro atoms. The lowest BCUT2D eigenvalue weighted by atomic mass is 10.1. The average Bonchev–Trinajstić information content (AvgIpc) is 3.15. The zero-order valence-electron chi connectivity index (χ0n) is 15.8. The van der Waals surface area contributed by atoms with Crippen LogP contribution in [-0.2, 0) is 4.74 Å². The number of piperidine rings is 1. The molecule has 2 aliphatic rings. The molecule has 0 bridgehead atoms. The Balaban J connectivity index is 1.40. The number of likely N-dealkylation sites (tertiary alicyclic amines) is 1. The number of hydrogen-bond acceptors (Lipinski definition) is 4. The molecule has 1 N–H and O–H groups in total. The van der Waals surface area contributed by atoms with Crippen LogP contribution in [-0.4, -0.2) is 71.3 Å². The number of carbonyl (C=O) groups excluding carboxylic acids is 1. The molecular weight excluding hydrogens is 340 g/mol. The molecule has 1 atom stereocenters. The molecule has 2 fully saturated rings. The number of benzene rings is 1. The molecule has 2 aromatic rings. The second-order valence-corrected chi connectivity index (χ2v) is 7.51. The Morgan fingerprint density at radius 2 is 1.89 bits per heavy atom. The smallest absolute Gasteiger partial charge is 0.253 e. The van der Waals surface area contributed by atoms with E-state index in [2.05, 4.69) is 15.1 Å². The lowest BCUT2D eigenvalue weighted by Gasteiger charge is -2.31. The summed E-state index contributed by atoms with van der Waals surface area (Å²) in [6, 6.07) is 9.68. The van der Waals surface area contributed by atoms with Crippen molar-refractivity contribution in [1.29, 1.82) is 0 Å². The first-order chi connectivity index (χ1) is 13.3. The first kappa shape index (κ1) is 18.2. The van der Waals surface area contributed by atoms with Gasteiger partial charge in [-0.1, -0.05) is 18.6 Å². The van der Waals surface area contributed by atoms with Crippen LogP contribution >= 0.6 is 0 Å². The molecule has 144 valence electrons. The third kappa shape index (κ3) is 4.57. The highest BCUT2D eigenvalue weighted by Crippen LogP contribution is 2.19. The Hall–Kier alpha value is -2.18. The van der Waals surface area contributed by atoms with Crippen molar-refractivity contribution in [2.45, 2.75) is 31.8 Å². The standard InChI is InChI=1S/C21H28N4O2/c26-21(18-7-5-17(6-8-18)20-9-10-22-23-20)25-13-4-14-27-19(16-25)15-24-11-2-1-3-12-24/h5-10,19H,1-4,11-16H2,(H,22,23)/t19-/m0/s1. The van der Waals surface area contributed by atoms with Crippen molar-refractivity contribution >= 4 is 5.91 Å². The highest BCUT2D eigenvalue weighted by molar-refractivity contribution is 5.94. The highest BCUT2D eigenvalue weighted by atomic mass is 16.5. The number of amides is 1. The topological polar surface area (TPSA) is 61.5 Å². The molecule has 6 heteroatoms. The second-order valence-electron chi connectivity index (χ2n) is 7.51. The maximum Gasteiger partial charge on any atom is 0.253 e. The van der Waals surface area contributed by atoms with Crippen LogP contribution in [0.4, 0.5) is 0 Å². The van der Waals surface area contributed by atoms with Gasteiger partial charge < -0.3 is 14.5 Å². The quantitative estimate of drug-likeness (QED) is 0.901. The van der Waals surface area contributed by atoms with Gasteiger partial charge in [0.15, 0.2) is 0 Å². The van der Waals surface area contributed by atoms with Crippen LogP contribution in [0.15, 0.2) is 36.5 Å². The fourth-order valence-electron chi connectivity index (χ4n) is 4.01. The van der Waals surface area contributed by atoms with E-state index in [-0.39, 0.29) is 12.0 Å². The third-order valence-corrected chi connectivity index (χ3v) is 5.49. The largest absolute Gasteiger partial charge is 0.375 e. The Morgan fingerprint density at radius 1 is 1.07 bits per heavy atom. The number of nitrogens with zero attached hydrogens (tertiary/aromatic N) is 3. The van der Waals surface area contributed by atoms with Gasteiger partial charge in [0.1, 0.15) is 0 Å². The predicted molar refractivity (Wildman–Crippen MR) is 105 cm³/mol. The summed E-state index contributed by atoms with van der Waals surface area (Å²) >= 11 is 0. The van der Waals surface area contributed by atoms with E-state index in [1.807, 2.05) is 35.2 Å². The molecule has 1 amide bonds. The zero-order chi connectivity index (χ0) is 18.5. The van der Waals surface area contributed by atoms with E-state index in [0.717, 1.165) is 56.0 Å². The maximum absolute atomic E-state index is 13.0. The molecule has 0 aliphatic carbocycles. The molecule has 1 aromatic carbocycles. The molecule has 0 saturated carbocycles. The minimum Gasteiger partial charge on any atom is -0.375 e. The number of aromatic amines is 1. The molecule has 4 rings (SSSR count). The van der Waals surface area contributed by atoms with E-state index in [1.54, 1.807) is 6.20 Å². The van der Waals surface area contributed by atoms with Gasteiger partial charge in [-0.25, -0.2) is 0 Å². The number of aromatic nitrogens is 2. The van der Waals surface area contributed by atoms with Gasteiger partial charge in [0.05, 0.1) is 11.8 Å². The van der Waals surface area contributed by atoms with Crippen LogP contribution < -0.4 is 0 Å². The van der Waals surface area contributed by atoms with Crippen LogP contribution in [0.2, 0.25) is 0 Å². The molecule has 6 nitrogen and oxygen atoms in total. The summed E-state index contributed by atoms with van der Waals surface area (Å²) in [4.78, 5) is 17.5. The highest BCUT2D eigenvalue weighted by Gasteiger charge is 2.25. The first-order valence-electron chi connectivity index (χ1n) is 10.0. The molecule has 3 heterocycles. The summed E-state index contributed by atoms with van der Waals surface area (Å²) in [6.07, 6.45) is 6.62. The average molecular weight is 368 g/mol. The lowest BCUT2D eigenvalue weighted by molar-refractivity contribution is 0.0216. The van der Waals surface area contributed by atoms with E-state index >= 15 is 0 Å². The first-order valence-corrected chi connectivity index (χ1v) is 10.0. The van der Waals surface area contributed by atoms with Crippen molar-refractivity contribution in [3.05, 3.63) is 42.1 Å². The molecule has 1 aromatic heterocycles. The van der Waals surface area contributed by atoms with E-state index in [4.69, 9.17) is 4.74 Å². The predicted octanol–water partition coefficient (Wildman–Crippen LogP) is 2.79. The number of ether oxygens (including phenoxy) is 1. The van der Waals surface area contributed by atoms with Crippen molar-refractivity contribution in [3.8, 4) is 11.3 Å². The van der Waals surface area contributed by atoms with E-state index in [9.17, 15) is 4.79 Å². The van der Waals surface area contributed by atoms with Crippen molar-refractivity contribution in [1.82, 2.24) is 20.0 Å². The molecule has 0 radical (unpaired) electrons. The maximum atomic E-state index is 13.0. The normalized spacial score (nSPS) is 21.8. The van der Waals surface area contributed by atoms with Gasteiger partial charge in [-0.3, -0.25) is 9.89 Å². The molecule has 0 unspecified atom stereocenters. The van der Waals surface area contributed by atoms with Gasteiger partial charge in [0, 0.05) is 38.0 Å². The van der Waals surface area contributed by atoms with Gasteiger partial charge >= 0.3 is 0 Å². The van der Waals surface area contributed by atoms with Crippen molar-refractivity contribution in [2.75, 3.05) is 39.3 Å². The van der Waals surface area contributed by atoms with Crippen LogP contribution in [0.3, 0.4) is 0 Å². The number of carbonyl (C=O) groups is 1. The SMILES string of the molecule is O=C(c1ccc(-c2ccn[nH]2)cc1)N1CCCO[C@@H](CN2CCCCC2)C1. The Bertz CT molecular complexity index is 723. The third-order valence-electron chi connectivity index (χ3n) is 5.49. The van der Waals surface area contributed by atoms with Crippen LogP contribution in [0.25, 0.3) is 11.3 Å². The van der Waals surface area contributed by atoms with E-state index < -0.39 is 0 Å². The van der Waals surface area contributed by atoms with Gasteiger partial charge in [-0.15, -0.1) is 0 Å². The van der Waals surface area contributed by atoms with Crippen LogP contribution in [0.5, 0.6) is 0 Å². The van der Waals surface area contributed by atoms with Crippen molar-refractivity contribution in [3.63, 3.8) is 0 Å². The molecule has 2 saturated heterocycles. The van der Waals surface area contributed by atoms with Gasteiger partial charge in [-0.05, 0) is 56.1 Å². The summed E-state index contributed by atoms with van der Waals surface area (Å²) in [5.74, 6) is 0.0975. The van der Waals surface area contributed by atoms with Crippen LogP contribution in [0, 0.1) is 0 Å². The van der Waals surface area contributed by atoms with Crippen molar-refractivity contribution < 1.29 is 9.53 Å². The Kier molecular flexibility index (Phi) is 5.84. The summed E-state index contributed by atoms with van der Waals surface area (Å²) in [5.41, 5.74) is 2.72. The zero-order valence-corrected chi connectivity index (χ0v) is 15.8. The fraction of sp³-hybridized carbons (Fsp3) is 0.524.